The second-order valence-electron chi connectivity index (χ2n) is 14.6. The molecule has 6 atom stereocenters. The first-order valence-corrected chi connectivity index (χ1v) is 17.4. The highest BCUT2D eigenvalue weighted by Gasteiger charge is 2.80. The molecule has 2 heterocycles. The van der Waals surface area contributed by atoms with E-state index in [4.69, 9.17) is 9.47 Å². The van der Waals surface area contributed by atoms with Crippen LogP contribution in [0.4, 0.5) is 5.69 Å². The molecule has 14 heteroatoms. The Bertz CT molecular complexity index is 1760. The number of ether oxygens (including phenoxy) is 2. The van der Waals surface area contributed by atoms with Gasteiger partial charge in [0.25, 0.3) is 5.91 Å². The third kappa shape index (κ3) is 5.65. The number of nitrogens with one attached hydrogen (secondary N) is 4. The van der Waals surface area contributed by atoms with Crippen LogP contribution in [0.3, 0.4) is 0 Å². The highest BCUT2D eigenvalue weighted by Crippen LogP contribution is 2.75. The van der Waals surface area contributed by atoms with Crippen LogP contribution in [0, 0.1) is 29.1 Å². The Morgan fingerprint density at radius 1 is 0.981 bits per heavy atom. The van der Waals surface area contributed by atoms with Crippen LogP contribution in [0.2, 0.25) is 0 Å². The standard InChI is InChI=1S/C38H46N6O6.2ClH/c1-23(2)38(35(47)48)26-19-24-20-36(32-28(49-3)11-8-12-29(32)50-4,31(26)33(45)41-15-14-30-39-17-18-40-30)22-37(38,21-24)44(25-9-6-5-7-10-25)34(46)27-13-16-42-43-27;;/h5-13,16-18,23-24,26,30-31,39-40H,14-15,19-22H2,1-4H3,(H,41,45)(H,42,43)(H,47,48);2*1H. The number of halogens is 2. The van der Waals surface area contributed by atoms with E-state index in [1.807, 2.05) is 74.8 Å². The number of H-pyrrole nitrogens is 1. The predicted molar refractivity (Wildman–Crippen MR) is 201 cm³/mol. The third-order valence-corrected chi connectivity index (χ3v) is 12.1. The second-order valence-corrected chi connectivity index (χ2v) is 14.6. The average molecular weight is 756 g/mol. The van der Waals surface area contributed by atoms with Crippen molar-refractivity contribution in [3.8, 4) is 11.5 Å². The van der Waals surface area contributed by atoms with Gasteiger partial charge in [-0.3, -0.25) is 24.4 Å². The summed E-state index contributed by atoms with van der Waals surface area (Å²) in [6.45, 7) is 4.24. The van der Waals surface area contributed by atoms with Gasteiger partial charge in [0.15, 0.2) is 0 Å². The van der Waals surface area contributed by atoms with E-state index in [1.54, 1.807) is 25.2 Å². The molecule has 0 spiro atoms. The highest BCUT2D eigenvalue weighted by molar-refractivity contribution is 6.07. The van der Waals surface area contributed by atoms with Crippen molar-refractivity contribution in [1.29, 1.82) is 0 Å². The van der Waals surface area contributed by atoms with Crippen molar-refractivity contribution in [3.63, 3.8) is 0 Å². The lowest BCUT2D eigenvalue weighted by Crippen LogP contribution is -2.81. The van der Waals surface area contributed by atoms with E-state index in [2.05, 4.69) is 26.1 Å². The van der Waals surface area contributed by atoms with Gasteiger partial charge in [-0.25, -0.2) is 0 Å². The molecule has 1 aromatic heterocycles. The number of hydrogen-bond acceptors (Lipinski definition) is 8. The molecule has 2 amide bonds. The number of methoxy groups -OCH3 is 2. The number of amides is 2. The number of benzene rings is 2. The monoisotopic (exact) mass is 754 g/mol. The summed E-state index contributed by atoms with van der Waals surface area (Å²) in [6, 6.07) is 16.6. The first-order valence-electron chi connectivity index (χ1n) is 17.4. The maximum Gasteiger partial charge on any atom is 0.312 e. The van der Waals surface area contributed by atoms with Crippen LogP contribution in [-0.2, 0) is 15.0 Å². The van der Waals surface area contributed by atoms with E-state index >= 15 is 0 Å². The lowest BCUT2D eigenvalue weighted by atomic mass is 9.31. The van der Waals surface area contributed by atoms with Crippen LogP contribution < -0.4 is 30.3 Å². The molecule has 1 aliphatic heterocycles. The lowest BCUT2D eigenvalue weighted by Gasteiger charge is -2.74. The summed E-state index contributed by atoms with van der Waals surface area (Å²) in [6.07, 6.45) is 7.63. The number of rotatable bonds is 12. The first-order chi connectivity index (χ1) is 24.1. The molecule has 4 aliphatic carbocycles. The Labute approximate surface area is 316 Å². The Morgan fingerprint density at radius 3 is 2.23 bits per heavy atom. The molecule has 4 saturated carbocycles. The molecule has 3 aromatic rings. The van der Waals surface area contributed by atoms with Gasteiger partial charge in [-0.2, -0.15) is 5.10 Å². The zero-order chi connectivity index (χ0) is 35.3. The van der Waals surface area contributed by atoms with Crippen LogP contribution in [0.1, 0.15) is 62.0 Å². The first kappa shape index (κ1) is 38.8. The smallest absolute Gasteiger partial charge is 0.312 e. The van der Waals surface area contributed by atoms with Gasteiger partial charge in [0, 0.05) is 48.2 Å². The molecular formula is C38H48Cl2N6O6. The summed E-state index contributed by atoms with van der Waals surface area (Å²) in [7, 11) is 3.21. The van der Waals surface area contributed by atoms with Crippen molar-refractivity contribution >= 4 is 48.3 Å². The van der Waals surface area contributed by atoms with Gasteiger partial charge >= 0.3 is 5.97 Å². The zero-order valence-corrected chi connectivity index (χ0v) is 31.4. The predicted octanol–water partition coefficient (Wildman–Crippen LogP) is 5.27. The Balaban J connectivity index is 0.00000261. The molecule has 0 saturated heterocycles. The molecule has 5 N–H and O–H groups in total. The number of nitrogens with zero attached hydrogens (tertiary/aromatic N) is 2. The number of anilines is 1. The Kier molecular flexibility index (Phi) is 11.1. The van der Waals surface area contributed by atoms with Crippen LogP contribution in [-0.4, -0.2) is 65.6 Å². The summed E-state index contributed by atoms with van der Waals surface area (Å²) >= 11 is 0. The fourth-order valence-electron chi connectivity index (χ4n) is 10.8. The minimum Gasteiger partial charge on any atom is -0.496 e. The van der Waals surface area contributed by atoms with Gasteiger partial charge in [-0.05, 0) is 73.8 Å². The van der Waals surface area contributed by atoms with E-state index in [0.717, 1.165) is 5.56 Å². The van der Waals surface area contributed by atoms with Crippen LogP contribution in [0.25, 0.3) is 0 Å². The molecule has 5 aliphatic rings. The Hall–Kier alpha value is -4.42. The van der Waals surface area contributed by atoms with Crippen molar-refractivity contribution in [2.75, 3.05) is 25.7 Å². The normalized spacial score (nSPS) is 28.2. The zero-order valence-electron chi connectivity index (χ0n) is 29.8. The fourth-order valence-corrected chi connectivity index (χ4v) is 10.8. The number of aliphatic carboxylic acids is 1. The lowest BCUT2D eigenvalue weighted by molar-refractivity contribution is -0.213. The number of carboxylic acids is 1. The number of aromatic amines is 1. The SMILES string of the molecule is COc1cccc(OC)c1C12CC3CC(C1C(=O)NCCC1NC=CN1)C(C(=O)O)(C(C)C)C(N(C(=O)c1ccn[nH]1)c1ccccc1)(C3)C2.Cl.Cl. The Morgan fingerprint density at radius 2 is 1.65 bits per heavy atom. The largest absolute Gasteiger partial charge is 0.496 e. The van der Waals surface area contributed by atoms with Crippen molar-refractivity contribution in [2.45, 2.75) is 63.1 Å². The molecule has 280 valence electrons. The molecule has 2 aromatic carbocycles. The molecule has 52 heavy (non-hydrogen) atoms. The quantitative estimate of drug-likeness (QED) is 0.166. The van der Waals surface area contributed by atoms with Gasteiger partial charge in [-0.15, -0.1) is 24.8 Å². The number of para-hydroxylation sites is 1. The topological polar surface area (TPSA) is 158 Å². The second kappa shape index (κ2) is 14.9. The number of carbonyl (C=O) groups is 3. The summed E-state index contributed by atoms with van der Waals surface area (Å²) in [5, 5.41) is 28.4. The van der Waals surface area contributed by atoms with E-state index in [1.165, 1.54) is 6.20 Å². The molecule has 4 bridgehead atoms. The van der Waals surface area contributed by atoms with Crippen molar-refractivity contribution < 1.29 is 29.0 Å². The maximum absolute atomic E-state index is 14.9. The van der Waals surface area contributed by atoms with Crippen molar-refractivity contribution in [1.82, 2.24) is 26.1 Å². The van der Waals surface area contributed by atoms with Crippen LogP contribution in [0.15, 0.2) is 73.2 Å². The maximum atomic E-state index is 14.9. The minimum atomic E-state index is -1.51. The summed E-state index contributed by atoms with van der Waals surface area (Å²) < 4.78 is 12.1. The fraction of sp³-hybridized carbons (Fsp3) is 0.474. The van der Waals surface area contributed by atoms with Crippen molar-refractivity contribution in [3.05, 3.63) is 84.5 Å². The average Bonchev–Trinajstić information content (AvgIpc) is 3.83. The highest BCUT2D eigenvalue weighted by atomic mass is 35.5. The minimum absolute atomic E-state index is 0. The van der Waals surface area contributed by atoms with Gasteiger partial charge in [0.2, 0.25) is 5.91 Å². The summed E-state index contributed by atoms with van der Waals surface area (Å²) in [5.41, 5.74) is -2.10. The molecule has 6 unspecified atom stereocenters. The van der Waals surface area contributed by atoms with E-state index in [0.29, 0.717) is 49.4 Å². The van der Waals surface area contributed by atoms with Crippen molar-refractivity contribution in [2.24, 2.45) is 29.1 Å². The summed E-state index contributed by atoms with van der Waals surface area (Å²) in [4.78, 5) is 46.0. The van der Waals surface area contributed by atoms with Gasteiger partial charge in [0.05, 0.1) is 37.3 Å². The van der Waals surface area contributed by atoms with Crippen LogP contribution in [0.5, 0.6) is 11.5 Å². The van der Waals surface area contributed by atoms with Crippen LogP contribution >= 0.6 is 24.8 Å². The molecule has 8 rings (SSSR count). The number of aromatic nitrogens is 2. The van der Waals surface area contributed by atoms with E-state index < -0.39 is 40.1 Å². The molecule has 4 fully saturated rings. The van der Waals surface area contributed by atoms with Gasteiger partial charge in [-0.1, -0.05) is 38.1 Å². The molecule has 12 nitrogen and oxygen atoms in total. The van der Waals surface area contributed by atoms with E-state index in [-0.39, 0.29) is 60.8 Å². The van der Waals surface area contributed by atoms with Gasteiger partial charge < -0.3 is 30.5 Å². The third-order valence-electron chi connectivity index (χ3n) is 12.1. The van der Waals surface area contributed by atoms with E-state index in [9.17, 15) is 19.5 Å². The molecular weight excluding hydrogens is 707 g/mol. The number of hydrogen-bond donors (Lipinski definition) is 5. The molecule has 0 radical (unpaired) electrons. The summed E-state index contributed by atoms with van der Waals surface area (Å²) in [5.74, 6) is -2.23. The number of carboxylic acid groups (broad SMARTS) is 1. The van der Waals surface area contributed by atoms with Gasteiger partial charge in [0.1, 0.15) is 17.2 Å². The number of carbonyl (C=O) groups excluding carboxylic acids is 2.